The summed E-state index contributed by atoms with van der Waals surface area (Å²) in [5.41, 5.74) is 5.43. The van der Waals surface area contributed by atoms with Crippen molar-refractivity contribution < 1.29 is 14.8 Å². The van der Waals surface area contributed by atoms with Crippen LogP contribution >= 0.6 is 0 Å². The average Bonchev–Trinajstić information content (AvgIpc) is 3.11. The van der Waals surface area contributed by atoms with Crippen molar-refractivity contribution in [2.45, 2.75) is 57.7 Å². The van der Waals surface area contributed by atoms with Crippen LogP contribution in [0.1, 0.15) is 52.0 Å². The third kappa shape index (κ3) is 3.14. The third-order valence-electron chi connectivity index (χ3n) is 4.15. The van der Waals surface area contributed by atoms with Gasteiger partial charge in [-0.1, -0.05) is 6.07 Å². The van der Waals surface area contributed by atoms with E-state index in [2.05, 4.69) is 4.98 Å². The van der Waals surface area contributed by atoms with Gasteiger partial charge in [-0.05, 0) is 52.0 Å². The van der Waals surface area contributed by atoms with Crippen molar-refractivity contribution in [2.75, 3.05) is 5.73 Å². The lowest BCUT2D eigenvalue weighted by Crippen LogP contribution is -2.53. The van der Waals surface area contributed by atoms with Gasteiger partial charge in [0.05, 0.1) is 11.2 Å². The smallest absolute Gasteiger partial charge is 0.423 e. The molecule has 0 aromatic carbocycles. The maximum Gasteiger partial charge on any atom is 0.493 e. The lowest BCUT2D eigenvalue weighted by molar-refractivity contribution is -0.0982. The number of anilines is 1. The molecule has 5 nitrogen and oxygen atoms in total. The quantitative estimate of drug-likeness (QED) is 0.693. The molecule has 2 rings (SSSR count). The molecule has 0 aliphatic heterocycles. The highest BCUT2D eigenvalue weighted by Gasteiger charge is 2.40. The van der Waals surface area contributed by atoms with E-state index in [-0.39, 0.29) is 0 Å². The van der Waals surface area contributed by atoms with E-state index in [9.17, 15) is 10.1 Å². The molecule has 6 heteroatoms. The van der Waals surface area contributed by atoms with Gasteiger partial charge in [0.15, 0.2) is 0 Å². The van der Waals surface area contributed by atoms with Crippen LogP contribution in [-0.2, 0) is 4.65 Å². The highest BCUT2D eigenvalue weighted by molar-refractivity contribution is 6.60. The summed E-state index contributed by atoms with van der Waals surface area (Å²) in [5, 5.41) is 20.3. The summed E-state index contributed by atoms with van der Waals surface area (Å²) >= 11 is 0. The minimum atomic E-state index is -1.14. The number of aromatic nitrogens is 1. The maximum atomic E-state index is 10.2. The van der Waals surface area contributed by atoms with Gasteiger partial charge in [-0.25, -0.2) is 4.98 Å². The van der Waals surface area contributed by atoms with E-state index < -0.39 is 18.3 Å². The van der Waals surface area contributed by atoms with Crippen molar-refractivity contribution in [1.82, 2.24) is 4.98 Å². The number of hydrogen-bond donors (Lipinski definition) is 3. The molecule has 1 saturated carbocycles. The predicted molar refractivity (Wildman–Crippen MR) is 79.7 cm³/mol. The molecule has 1 aliphatic rings. The largest absolute Gasteiger partial charge is 0.493 e. The first-order valence-corrected chi connectivity index (χ1v) is 6.95. The van der Waals surface area contributed by atoms with Gasteiger partial charge in [-0.3, -0.25) is 0 Å². The molecule has 1 aromatic rings. The van der Waals surface area contributed by atoms with E-state index in [1.54, 1.807) is 27.7 Å². The SMILES string of the molecule is CC(C)(O)C(C)(C)OB(O)c1cnc(N)c(C2CC2)c1. The van der Waals surface area contributed by atoms with Crippen molar-refractivity contribution in [2.24, 2.45) is 0 Å². The van der Waals surface area contributed by atoms with Gasteiger partial charge in [0.1, 0.15) is 5.82 Å². The number of nitrogens with two attached hydrogens (primary N) is 1. The van der Waals surface area contributed by atoms with E-state index >= 15 is 0 Å². The van der Waals surface area contributed by atoms with Gasteiger partial charge in [0.2, 0.25) is 0 Å². The van der Waals surface area contributed by atoms with Crippen LogP contribution in [0.2, 0.25) is 0 Å². The number of aliphatic hydroxyl groups is 1. The first kappa shape index (κ1) is 15.3. The van der Waals surface area contributed by atoms with Gasteiger partial charge in [0, 0.05) is 11.7 Å². The molecule has 0 bridgehead atoms. The molecule has 1 aromatic heterocycles. The lowest BCUT2D eigenvalue weighted by Gasteiger charge is -2.38. The Balaban J connectivity index is 2.17. The first-order valence-electron chi connectivity index (χ1n) is 6.95. The molecule has 1 heterocycles. The Bertz CT molecular complexity index is 496. The Labute approximate surface area is 120 Å². The van der Waals surface area contributed by atoms with Gasteiger partial charge in [0.25, 0.3) is 0 Å². The number of pyridine rings is 1. The summed E-state index contributed by atoms with van der Waals surface area (Å²) in [7, 11) is -1.14. The summed E-state index contributed by atoms with van der Waals surface area (Å²) < 4.78 is 5.61. The summed E-state index contributed by atoms with van der Waals surface area (Å²) in [4.78, 5) is 4.13. The molecule has 1 aliphatic carbocycles. The predicted octanol–water partition coefficient (Wildman–Crippen LogP) is 0.795. The normalized spacial score (nSPS) is 16.3. The molecular weight excluding hydrogens is 255 g/mol. The fourth-order valence-corrected chi connectivity index (χ4v) is 1.86. The van der Waals surface area contributed by atoms with Crippen molar-refractivity contribution >= 4 is 18.4 Å². The van der Waals surface area contributed by atoms with Crippen molar-refractivity contribution in [3.8, 4) is 0 Å². The fraction of sp³-hybridized carbons (Fsp3) is 0.643. The topological polar surface area (TPSA) is 88.6 Å². The number of rotatable bonds is 5. The molecule has 0 unspecified atom stereocenters. The lowest BCUT2D eigenvalue weighted by atomic mass is 9.76. The molecule has 110 valence electrons. The Morgan fingerprint density at radius 3 is 2.45 bits per heavy atom. The number of nitrogens with zero attached hydrogens (tertiary/aromatic N) is 1. The minimum Gasteiger partial charge on any atom is -0.423 e. The first-order chi connectivity index (χ1) is 9.12. The second kappa shape index (κ2) is 5.02. The van der Waals surface area contributed by atoms with Crippen LogP contribution in [0.25, 0.3) is 0 Å². The highest BCUT2D eigenvalue weighted by atomic mass is 16.5. The van der Waals surface area contributed by atoms with Crippen molar-refractivity contribution in [1.29, 1.82) is 0 Å². The maximum absolute atomic E-state index is 10.2. The fourth-order valence-electron chi connectivity index (χ4n) is 1.86. The zero-order valence-electron chi connectivity index (χ0n) is 12.6. The average molecular weight is 278 g/mol. The Hall–Kier alpha value is -1.11. The van der Waals surface area contributed by atoms with E-state index in [1.165, 1.54) is 6.20 Å². The Morgan fingerprint density at radius 2 is 1.95 bits per heavy atom. The van der Waals surface area contributed by atoms with Crippen LogP contribution in [0, 0.1) is 0 Å². The second-order valence-corrected chi connectivity index (χ2v) is 6.56. The second-order valence-electron chi connectivity index (χ2n) is 6.56. The van der Waals surface area contributed by atoms with Crippen LogP contribution in [0.3, 0.4) is 0 Å². The molecule has 0 radical (unpaired) electrons. The Kier molecular flexibility index (Phi) is 3.84. The molecule has 0 atom stereocenters. The molecule has 20 heavy (non-hydrogen) atoms. The zero-order chi connectivity index (χ0) is 15.1. The molecular formula is C14H23BN2O3. The summed E-state index contributed by atoms with van der Waals surface area (Å²) in [5.74, 6) is 0.974. The summed E-state index contributed by atoms with van der Waals surface area (Å²) in [6.07, 6.45) is 3.75. The van der Waals surface area contributed by atoms with Gasteiger partial charge < -0.3 is 20.5 Å². The molecule has 4 N–H and O–H groups in total. The van der Waals surface area contributed by atoms with Crippen LogP contribution in [-0.4, -0.2) is 33.4 Å². The van der Waals surface area contributed by atoms with E-state index in [0.717, 1.165) is 18.4 Å². The molecule has 0 saturated heterocycles. The van der Waals surface area contributed by atoms with Crippen LogP contribution in [0.5, 0.6) is 0 Å². The molecule has 0 amide bonds. The highest BCUT2D eigenvalue weighted by Crippen LogP contribution is 2.41. The van der Waals surface area contributed by atoms with Gasteiger partial charge >= 0.3 is 7.12 Å². The zero-order valence-corrected chi connectivity index (χ0v) is 12.6. The van der Waals surface area contributed by atoms with E-state index in [4.69, 9.17) is 10.4 Å². The van der Waals surface area contributed by atoms with Gasteiger partial charge in [-0.15, -0.1) is 0 Å². The van der Waals surface area contributed by atoms with Crippen LogP contribution < -0.4 is 11.2 Å². The minimum absolute atomic E-state index is 0.456. The standard InChI is InChI=1S/C14H23BN2O3/c1-13(2,18)14(3,4)20-15(19)10-7-11(9-5-6-9)12(16)17-8-10/h7-9,18-19H,5-6H2,1-4H3,(H2,16,17). The van der Waals surface area contributed by atoms with Crippen LogP contribution in [0.15, 0.2) is 12.3 Å². The van der Waals surface area contributed by atoms with E-state index in [0.29, 0.717) is 17.2 Å². The molecule has 1 fully saturated rings. The van der Waals surface area contributed by atoms with Crippen LogP contribution in [0.4, 0.5) is 5.82 Å². The van der Waals surface area contributed by atoms with Crippen molar-refractivity contribution in [3.63, 3.8) is 0 Å². The third-order valence-corrected chi connectivity index (χ3v) is 4.15. The summed E-state index contributed by atoms with van der Waals surface area (Å²) in [6, 6.07) is 1.85. The Morgan fingerprint density at radius 1 is 1.35 bits per heavy atom. The molecule has 0 spiro atoms. The van der Waals surface area contributed by atoms with E-state index in [1.807, 2.05) is 6.07 Å². The summed E-state index contributed by atoms with van der Waals surface area (Å²) in [6.45, 7) is 6.78. The van der Waals surface area contributed by atoms with Crippen molar-refractivity contribution in [3.05, 3.63) is 17.8 Å². The number of nitrogen functional groups attached to an aromatic ring is 1. The monoisotopic (exact) mass is 278 g/mol. The number of hydrogen-bond acceptors (Lipinski definition) is 5. The van der Waals surface area contributed by atoms with Gasteiger partial charge in [-0.2, -0.15) is 0 Å².